The van der Waals surface area contributed by atoms with Gasteiger partial charge < -0.3 is 24.6 Å². The van der Waals surface area contributed by atoms with E-state index in [1.807, 2.05) is 49.8 Å². The van der Waals surface area contributed by atoms with Crippen LogP contribution in [-0.2, 0) is 23.3 Å². The van der Waals surface area contributed by atoms with Crippen molar-refractivity contribution in [1.29, 1.82) is 0 Å². The van der Waals surface area contributed by atoms with Crippen LogP contribution >= 0.6 is 0 Å². The monoisotopic (exact) mass is 624 g/mol. The number of rotatable bonds is 8. The summed E-state index contributed by atoms with van der Waals surface area (Å²) in [5.41, 5.74) is 5.26. The number of amides is 1. The van der Waals surface area contributed by atoms with Crippen LogP contribution in [0.2, 0.25) is 0 Å². The lowest BCUT2D eigenvalue weighted by Crippen LogP contribution is -2.53. The van der Waals surface area contributed by atoms with Gasteiger partial charge in [-0.25, -0.2) is 14.6 Å². The number of nitrogens with zero attached hydrogens (tertiary/aromatic N) is 7. The fourth-order valence-electron chi connectivity index (χ4n) is 7.61. The molecule has 1 spiro atoms. The van der Waals surface area contributed by atoms with Gasteiger partial charge >= 0.3 is 0 Å². The number of fused-ring (bicyclic) bond motifs is 3. The van der Waals surface area contributed by atoms with E-state index < -0.39 is 0 Å². The van der Waals surface area contributed by atoms with Gasteiger partial charge in [-0.05, 0) is 88.3 Å². The van der Waals surface area contributed by atoms with Crippen molar-refractivity contribution in [3.05, 3.63) is 65.4 Å². The molecule has 2 fully saturated rings. The van der Waals surface area contributed by atoms with Crippen molar-refractivity contribution in [1.82, 2.24) is 34.9 Å². The maximum absolute atomic E-state index is 13.8. The Morgan fingerprint density at radius 3 is 2.52 bits per heavy atom. The number of anilines is 1. The van der Waals surface area contributed by atoms with Crippen molar-refractivity contribution >= 4 is 22.8 Å². The molecule has 4 aromatic rings. The van der Waals surface area contributed by atoms with Gasteiger partial charge in [0, 0.05) is 49.9 Å². The van der Waals surface area contributed by atoms with Gasteiger partial charge in [0.15, 0.2) is 17.1 Å². The van der Waals surface area contributed by atoms with E-state index in [1.165, 1.54) is 11.1 Å². The Kier molecular flexibility index (Phi) is 8.50. The summed E-state index contributed by atoms with van der Waals surface area (Å²) in [4.78, 5) is 31.9. The van der Waals surface area contributed by atoms with E-state index in [2.05, 4.69) is 47.3 Å². The molecule has 5 heterocycles. The highest BCUT2D eigenvalue weighted by molar-refractivity contribution is 5.87. The van der Waals surface area contributed by atoms with Crippen LogP contribution in [0.4, 0.5) is 5.82 Å². The molecule has 0 atom stereocenters. The minimum atomic E-state index is -0.113. The number of hydrogen-bond acceptors (Lipinski definition) is 9. The van der Waals surface area contributed by atoms with Gasteiger partial charge in [0.05, 0.1) is 37.0 Å². The average molecular weight is 625 g/mol. The maximum atomic E-state index is 13.8. The molecule has 1 saturated heterocycles. The van der Waals surface area contributed by atoms with Crippen LogP contribution < -0.4 is 19.7 Å². The van der Waals surface area contributed by atoms with E-state index in [9.17, 15) is 4.79 Å². The quantitative estimate of drug-likeness (QED) is 0.308. The lowest BCUT2D eigenvalue weighted by Gasteiger charge is -2.46. The largest absolute Gasteiger partial charge is 0.490 e. The molecule has 11 heteroatoms. The zero-order valence-corrected chi connectivity index (χ0v) is 27.2. The third kappa shape index (κ3) is 5.77. The molecule has 46 heavy (non-hydrogen) atoms. The van der Waals surface area contributed by atoms with Gasteiger partial charge in [0.1, 0.15) is 12.1 Å². The minimum Gasteiger partial charge on any atom is -0.490 e. The van der Waals surface area contributed by atoms with Crippen molar-refractivity contribution in [2.45, 2.75) is 65.0 Å². The smallest absolute Gasteiger partial charge is 0.225 e. The standard InChI is InChI=1S/C35H44N8O3/c1-4-45-30-19-26-11-14-38-35(29(26)20-31(30)46-5-2)12-9-25(10-13-35)34(44)42-17-15-41(16-18-42)32-28-21-39-43(33(28)37-23-36-32)22-27-8-6-7-24(3)40-27/h6-8,19-21,23,25,38H,4-5,9-18,22H2,1-3H3/t25-,35+. The lowest BCUT2D eigenvalue weighted by atomic mass is 9.69. The van der Waals surface area contributed by atoms with Crippen molar-refractivity contribution in [2.24, 2.45) is 5.92 Å². The zero-order valence-electron chi connectivity index (χ0n) is 27.2. The minimum absolute atomic E-state index is 0.0534. The van der Waals surface area contributed by atoms with Crippen LogP contribution in [-0.4, -0.2) is 81.5 Å². The van der Waals surface area contributed by atoms with E-state index in [0.29, 0.717) is 38.8 Å². The van der Waals surface area contributed by atoms with Crippen LogP contribution in [0.15, 0.2) is 42.9 Å². The summed E-state index contributed by atoms with van der Waals surface area (Å²) in [6, 6.07) is 10.4. The van der Waals surface area contributed by atoms with Crippen LogP contribution in [0, 0.1) is 12.8 Å². The Balaban J connectivity index is 0.992. The number of carbonyl (C=O) groups excluding carboxylic acids is 1. The number of hydrogen-bond donors (Lipinski definition) is 1. The van der Waals surface area contributed by atoms with E-state index >= 15 is 0 Å². The van der Waals surface area contributed by atoms with E-state index in [0.717, 1.165) is 91.5 Å². The maximum Gasteiger partial charge on any atom is 0.225 e. The zero-order chi connectivity index (χ0) is 31.7. The van der Waals surface area contributed by atoms with Crippen molar-refractivity contribution < 1.29 is 14.3 Å². The molecule has 1 N–H and O–H groups in total. The number of aryl methyl sites for hydroxylation is 1. The number of carbonyl (C=O) groups is 1. The van der Waals surface area contributed by atoms with E-state index in [-0.39, 0.29) is 11.5 Å². The highest BCUT2D eigenvalue weighted by atomic mass is 16.5. The predicted octanol–water partition coefficient (Wildman–Crippen LogP) is 4.26. The molecule has 3 aromatic heterocycles. The third-order valence-electron chi connectivity index (χ3n) is 9.89. The molecule has 0 unspecified atom stereocenters. The summed E-state index contributed by atoms with van der Waals surface area (Å²) in [6.45, 7) is 11.5. The van der Waals surface area contributed by atoms with Gasteiger partial charge in [-0.3, -0.25) is 9.78 Å². The first-order valence-corrected chi connectivity index (χ1v) is 16.8. The van der Waals surface area contributed by atoms with Crippen molar-refractivity contribution in [2.75, 3.05) is 50.8 Å². The number of piperazine rings is 1. The van der Waals surface area contributed by atoms with Crippen LogP contribution in [0.5, 0.6) is 11.5 Å². The second-order valence-electron chi connectivity index (χ2n) is 12.7. The molecule has 1 aromatic carbocycles. The molecule has 7 rings (SSSR count). The Labute approximate surface area is 270 Å². The highest BCUT2D eigenvalue weighted by Crippen LogP contribution is 2.46. The summed E-state index contributed by atoms with van der Waals surface area (Å²) in [5.74, 6) is 2.87. The molecule has 3 aliphatic rings. The van der Waals surface area contributed by atoms with Gasteiger partial charge in [0.25, 0.3) is 0 Å². The molecule has 0 bridgehead atoms. The molecule has 2 aliphatic heterocycles. The first-order chi connectivity index (χ1) is 22.5. The normalized spacial score (nSPS) is 21.4. The fraction of sp³-hybridized carbons (Fsp3) is 0.514. The number of pyridine rings is 1. The Hall–Kier alpha value is -4.25. The Morgan fingerprint density at radius 2 is 1.78 bits per heavy atom. The molecule has 1 saturated carbocycles. The predicted molar refractivity (Wildman–Crippen MR) is 176 cm³/mol. The lowest BCUT2D eigenvalue weighted by molar-refractivity contribution is -0.137. The molecule has 1 aliphatic carbocycles. The third-order valence-corrected chi connectivity index (χ3v) is 9.89. The number of nitrogens with one attached hydrogen (secondary N) is 1. The molecule has 0 radical (unpaired) electrons. The van der Waals surface area contributed by atoms with E-state index in [4.69, 9.17) is 9.47 Å². The van der Waals surface area contributed by atoms with Crippen LogP contribution in [0.1, 0.15) is 62.0 Å². The number of benzene rings is 1. The summed E-state index contributed by atoms with van der Waals surface area (Å²) >= 11 is 0. The first kappa shape index (κ1) is 30.4. The van der Waals surface area contributed by atoms with Gasteiger partial charge in [-0.15, -0.1) is 0 Å². The van der Waals surface area contributed by atoms with Gasteiger partial charge in [-0.1, -0.05) is 6.07 Å². The topological polar surface area (TPSA) is 111 Å². The SMILES string of the molecule is CCOc1cc2c(cc1OCC)[C@]1(CC[C@H](C(=O)N3CCN(c4ncnc5c4cnn5Cc4cccc(C)n4)CC3)CC1)NCC2. The summed E-state index contributed by atoms with van der Waals surface area (Å²) in [6.07, 6.45) is 8.07. The van der Waals surface area contributed by atoms with Gasteiger partial charge in [0.2, 0.25) is 5.91 Å². The molecule has 11 nitrogen and oxygen atoms in total. The molecular weight excluding hydrogens is 580 g/mol. The summed E-state index contributed by atoms with van der Waals surface area (Å²) < 4.78 is 13.8. The van der Waals surface area contributed by atoms with Crippen molar-refractivity contribution in [3.8, 4) is 11.5 Å². The molecular formula is C35H44N8O3. The van der Waals surface area contributed by atoms with Crippen molar-refractivity contribution in [3.63, 3.8) is 0 Å². The Morgan fingerprint density at radius 1 is 1.02 bits per heavy atom. The van der Waals surface area contributed by atoms with Gasteiger partial charge in [-0.2, -0.15) is 5.10 Å². The first-order valence-electron chi connectivity index (χ1n) is 16.8. The average Bonchev–Trinajstić information content (AvgIpc) is 3.48. The van der Waals surface area contributed by atoms with Crippen LogP contribution in [0.25, 0.3) is 11.0 Å². The summed E-state index contributed by atoms with van der Waals surface area (Å²) in [5, 5.41) is 9.40. The molecule has 1 amide bonds. The summed E-state index contributed by atoms with van der Waals surface area (Å²) in [7, 11) is 0. The van der Waals surface area contributed by atoms with E-state index in [1.54, 1.807) is 6.33 Å². The molecule has 242 valence electrons. The number of aromatic nitrogens is 5. The van der Waals surface area contributed by atoms with Crippen LogP contribution in [0.3, 0.4) is 0 Å². The highest BCUT2D eigenvalue weighted by Gasteiger charge is 2.43. The number of ether oxygens (including phenoxy) is 2. The second-order valence-corrected chi connectivity index (χ2v) is 12.7. The second kappa shape index (κ2) is 12.9. The fourth-order valence-corrected chi connectivity index (χ4v) is 7.61. The Bertz CT molecular complexity index is 1710.